The standard InChI is InChI=1S/C25H27N5O3S/c1-15-10-16(8-9-19(15)23(26)31)21-13-27-24-20(28-14-25(2,3)32)12-22(29-30(21)24)34-18-7-5-6-17(11-18)33-4/h5-13,28,32H,14H2,1-4H3,(H2,26,31). The maximum atomic E-state index is 11.6. The van der Waals surface area contributed by atoms with Gasteiger partial charge in [0, 0.05) is 22.6 Å². The van der Waals surface area contributed by atoms with Crippen LogP contribution in [0.15, 0.2) is 64.6 Å². The van der Waals surface area contributed by atoms with Crippen molar-refractivity contribution in [2.24, 2.45) is 5.73 Å². The second-order valence-electron chi connectivity index (χ2n) is 8.62. The van der Waals surface area contributed by atoms with Gasteiger partial charge in [-0.25, -0.2) is 9.50 Å². The van der Waals surface area contributed by atoms with Gasteiger partial charge in [0.1, 0.15) is 10.8 Å². The number of aromatic nitrogens is 3. The Morgan fingerprint density at radius 2 is 2.03 bits per heavy atom. The van der Waals surface area contributed by atoms with Crippen LogP contribution in [-0.2, 0) is 0 Å². The van der Waals surface area contributed by atoms with Crippen LogP contribution in [0.1, 0.15) is 29.8 Å². The van der Waals surface area contributed by atoms with E-state index in [9.17, 15) is 9.90 Å². The van der Waals surface area contributed by atoms with Crippen LogP contribution in [0.2, 0.25) is 0 Å². The van der Waals surface area contributed by atoms with Crippen molar-refractivity contribution >= 4 is 29.0 Å². The van der Waals surface area contributed by atoms with E-state index in [4.69, 9.17) is 15.6 Å². The first-order valence-corrected chi connectivity index (χ1v) is 11.5. The van der Waals surface area contributed by atoms with Gasteiger partial charge in [0.2, 0.25) is 5.91 Å². The van der Waals surface area contributed by atoms with Crippen LogP contribution >= 0.6 is 11.8 Å². The summed E-state index contributed by atoms with van der Waals surface area (Å²) in [5.41, 5.74) is 8.83. The van der Waals surface area contributed by atoms with Crippen molar-refractivity contribution in [3.63, 3.8) is 0 Å². The van der Waals surface area contributed by atoms with E-state index in [1.807, 2.05) is 49.4 Å². The number of nitrogens with zero attached hydrogens (tertiary/aromatic N) is 3. The normalized spacial score (nSPS) is 11.6. The first-order chi connectivity index (χ1) is 16.1. The van der Waals surface area contributed by atoms with Crippen molar-refractivity contribution in [3.8, 4) is 17.0 Å². The van der Waals surface area contributed by atoms with Crippen LogP contribution in [0.5, 0.6) is 5.75 Å². The average Bonchev–Trinajstić information content (AvgIpc) is 3.21. The summed E-state index contributed by atoms with van der Waals surface area (Å²) in [6.07, 6.45) is 1.75. The molecule has 4 aromatic rings. The van der Waals surface area contributed by atoms with Gasteiger partial charge in [0.15, 0.2) is 5.65 Å². The lowest BCUT2D eigenvalue weighted by molar-refractivity contribution is 0.0944. The maximum Gasteiger partial charge on any atom is 0.248 e. The van der Waals surface area contributed by atoms with Gasteiger partial charge in [-0.2, -0.15) is 5.10 Å². The fraction of sp³-hybridized carbons (Fsp3) is 0.240. The lowest BCUT2D eigenvalue weighted by atomic mass is 10.0. The summed E-state index contributed by atoms with van der Waals surface area (Å²) >= 11 is 1.49. The van der Waals surface area contributed by atoms with Crippen molar-refractivity contribution < 1.29 is 14.6 Å². The predicted molar refractivity (Wildman–Crippen MR) is 134 cm³/mol. The third kappa shape index (κ3) is 5.16. The monoisotopic (exact) mass is 477 g/mol. The third-order valence-corrected chi connectivity index (χ3v) is 6.11. The molecule has 0 radical (unpaired) electrons. The maximum absolute atomic E-state index is 11.6. The van der Waals surface area contributed by atoms with Gasteiger partial charge >= 0.3 is 0 Å². The summed E-state index contributed by atoms with van der Waals surface area (Å²) in [6, 6.07) is 15.1. The SMILES string of the molecule is COc1cccc(Sc2cc(NCC(C)(C)O)c3ncc(-c4ccc(C(N)=O)c(C)c4)n3n2)c1. The Labute approximate surface area is 202 Å². The number of nitrogens with two attached hydrogens (primary N) is 1. The highest BCUT2D eigenvalue weighted by Crippen LogP contribution is 2.33. The van der Waals surface area contributed by atoms with Gasteiger partial charge in [-0.15, -0.1) is 0 Å². The fourth-order valence-electron chi connectivity index (χ4n) is 3.52. The van der Waals surface area contributed by atoms with Crippen LogP contribution in [0.25, 0.3) is 16.9 Å². The summed E-state index contributed by atoms with van der Waals surface area (Å²) in [5.74, 6) is 0.301. The summed E-state index contributed by atoms with van der Waals surface area (Å²) in [7, 11) is 1.63. The van der Waals surface area contributed by atoms with Crippen LogP contribution in [-0.4, -0.2) is 44.9 Å². The molecule has 0 fully saturated rings. The summed E-state index contributed by atoms with van der Waals surface area (Å²) in [5, 5.41) is 19.1. The number of aryl methyl sites for hydroxylation is 1. The molecule has 0 unspecified atom stereocenters. The lowest BCUT2D eigenvalue weighted by Gasteiger charge is -2.19. The van der Waals surface area contributed by atoms with E-state index in [2.05, 4.69) is 10.3 Å². The molecular weight excluding hydrogens is 450 g/mol. The van der Waals surface area contributed by atoms with Crippen molar-refractivity contribution in [3.05, 3.63) is 65.9 Å². The number of hydrogen-bond donors (Lipinski definition) is 3. The highest BCUT2D eigenvalue weighted by molar-refractivity contribution is 7.99. The van der Waals surface area contributed by atoms with Gasteiger partial charge in [0.05, 0.1) is 30.3 Å². The Bertz CT molecular complexity index is 1360. The summed E-state index contributed by atoms with van der Waals surface area (Å²) in [6.45, 7) is 5.67. The molecule has 4 N–H and O–H groups in total. The number of carbonyl (C=O) groups is 1. The van der Waals surface area contributed by atoms with E-state index >= 15 is 0 Å². The molecule has 2 aromatic heterocycles. The summed E-state index contributed by atoms with van der Waals surface area (Å²) < 4.78 is 7.11. The Balaban J connectivity index is 1.81. The molecule has 0 atom stereocenters. The molecular formula is C25H27N5O3S. The number of hydrogen-bond acceptors (Lipinski definition) is 7. The predicted octanol–water partition coefficient (Wildman–Crippen LogP) is 4.15. The van der Waals surface area contributed by atoms with Crippen molar-refractivity contribution in [2.45, 2.75) is 36.3 Å². The fourth-order valence-corrected chi connectivity index (χ4v) is 4.38. The molecule has 1 amide bonds. The number of anilines is 1. The van der Waals surface area contributed by atoms with Crippen molar-refractivity contribution in [2.75, 3.05) is 19.0 Å². The molecule has 0 aliphatic heterocycles. The smallest absolute Gasteiger partial charge is 0.248 e. The molecule has 2 heterocycles. The van der Waals surface area contributed by atoms with Gasteiger partial charge in [0.25, 0.3) is 0 Å². The molecule has 0 aliphatic carbocycles. The molecule has 9 heteroatoms. The van der Waals surface area contributed by atoms with Crippen LogP contribution in [0, 0.1) is 6.92 Å². The highest BCUT2D eigenvalue weighted by atomic mass is 32.2. The zero-order valence-corrected chi connectivity index (χ0v) is 20.3. The van der Waals surface area contributed by atoms with Crippen molar-refractivity contribution in [1.29, 1.82) is 0 Å². The number of ether oxygens (including phenoxy) is 1. The number of rotatable bonds is 8. The molecule has 34 heavy (non-hydrogen) atoms. The Hall–Kier alpha value is -3.56. The van der Waals surface area contributed by atoms with E-state index < -0.39 is 11.5 Å². The third-order valence-electron chi connectivity index (χ3n) is 5.21. The molecule has 0 saturated heterocycles. The van der Waals surface area contributed by atoms with Crippen LogP contribution in [0.4, 0.5) is 5.69 Å². The molecule has 0 bridgehead atoms. The first kappa shape index (κ1) is 23.6. The topological polar surface area (TPSA) is 115 Å². The highest BCUT2D eigenvalue weighted by Gasteiger charge is 2.18. The van der Waals surface area contributed by atoms with E-state index in [0.29, 0.717) is 17.8 Å². The quantitative estimate of drug-likeness (QED) is 0.349. The second kappa shape index (κ2) is 9.36. The number of carbonyl (C=O) groups excluding carboxylic acids is 1. The lowest BCUT2D eigenvalue weighted by Crippen LogP contribution is -2.29. The number of benzene rings is 2. The molecule has 176 valence electrons. The molecule has 4 rings (SSSR count). The number of primary amides is 1. The Kier molecular flexibility index (Phi) is 6.49. The second-order valence-corrected chi connectivity index (χ2v) is 9.71. The summed E-state index contributed by atoms with van der Waals surface area (Å²) in [4.78, 5) is 17.2. The zero-order valence-electron chi connectivity index (χ0n) is 19.5. The number of imidazole rings is 1. The van der Waals surface area contributed by atoms with Gasteiger partial charge in [-0.3, -0.25) is 4.79 Å². The van der Waals surface area contributed by atoms with Crippen molar-refractivity contribution in [1.82, 2.24) is 14.6 Å². The van der Waals surface area contributed by atoms with Crippen LogP contribution < -0.4 is 15.8 Å². The molecule has 0 spiro atoms. The van der Waals surface area contributed by atoms with Gasteiger partial charge in [-0.05, 0) is 62.7 Å². The van der Waals surface area contributed by atoms with E-state index in [1.165, 1.54) is 11.8 Å². The Morgan fingerprint density at radius 3 is 2.71 bits per heavy atom. The average molecular weight is 478 g/mol. The molecule has 0 saturated carbocycles. The largest absolute Gasteiger partial charge is 0.497 e. The first-order valence-electron chi connectivity index (χ1n) is 10.7. The minimum absolute atomic E-state index is 0.338. The minimum atomic E-state index is -0.905. The van der Waals surface area contributed by atoms with E-state index in [1.54, 1.807) is 37.7 Å². The number of methoxy groups -OCH3 is 1. The minimum Gasteiger partial charge on any atom is -0.497 e. The number of nitrogens with one attached hydrogen (secondary N) is 1. The van der Waals surface area contributed by atoms with Crippen LogP contribution in [0.3, 0.4) is 0 Å². The van der Waals surface area contributed by atoms with Gasteiger partial charge < -0.3 is 20.9 Å². The number of amides is 1. The van der Waals surface area contributed by atoms with E-state index in [0.717, 1.165) is 38.2 Å². The number of fused-ring (bicyclic) bond motifs is 1. The zero-order chi connectivity index (χ0) is 24.5. The molecule has 2 aromatic carbocycles. The van der Waals surface area contributed by atoms with Gasteiger partial charge in [-0.1, -0.05) is 23.9 Å². The van der Waals surface area contributed by atoms with E-state index in [-0.39, 0.29) is 0 Å². The Morgan fingerprint density at radius 1 is 1.24 bits per heavy atom. The molecule has 8 nitrogen and oxygen atoms in total. The number of aliphatic hydroxyl groups is 1. The molecule has 0 aliphatic rings.